The van der Waals surface area contributed by atoms with Crippen molar-refractivity contribution in [2.45, 2.75) is 30.9 Å². The first-order valence-electron chi connectivity index (χ1n) is 4.25. The fourth-order valence-electron chi connectivity index (χ4n) is 1.58. The maximum Gasteiger partial charge on any atom is 0.187 e. The quantitative estimate of drug-likeness (QED) is 0.600. The molecular formula is C8H16O6. The van der Waals surface area contributed by atoms with Gasteiger partial charge in [0.15, 0.2) is 12.6 Å². The molecular weight excluding hydrogens is 192 g/mol. The largest absolute Gasteiger partial charge is 0.376 e. The lowest BCUT2D eigenvalue weighted by Gasteiger charge is -2.40. The third-order valence-electron chi connectivity index (χ3n) is 2.31. The van der Waals surface area contributed by atoms with Gasteiger partial charge in [-0.05, 0) is 0 Å². The molecule has 1 rings (SSSR count). The van der Waals surface area contributed by atoms with Crippen LogP contribution in [0.2, 0.25) is 0 Å². The van der Waals surface area contributed by atoms with Gasteiger partial charge in [-0.3, -0.25) is 0 Å². The van der Waals surface area contributed by atoms with E-state index in [0.717, 1.165) is 0 Å². The lowest BCUT2D eigenvalue weighted by molar-refractivity contribution is -0.338. The van der Waals surface area contributed by atoms with Crippen LogP contribution in [0.4, 0.5) is 0 Å². The van der Waals surface area contributed by atoms with Crippen molar-refractivity contribution in [1.82, 2.24) is 0 Å². The smallest absolute Gasteiger partial charge is 0.187 e. The summed E-state index contributed by atoms with van der Waals surface area (Å²) < 4.78 is 19.9. The zero-order valence-corrected chi connectivity index (χ0v) is 8.41. The van der Waals surface area contributed by atoms with Crippen LogP contribution in [0.15, 0.2) is 0 Å². The Morgan fingerprint density at radius 1 is 0.786 bits per heavy atom. The molecule has 0 spiro atoms. The lowest BCUT2D eigenvalue weighted by atomic mass is 10.0. The zero-order chi connectivity index (χ0) is 10.7. The highest BCUT2D eigenvalue weighted by molar-refractivity contribution is 4.87. The van der Waals surface area contributed by atoms with Crippen molar-refractivity contribution in [1.29, 1.82) is 0 Å². The summed E-state index contributed by atoms with van der Waals surface area (Å²) in [7, 11) is 4.30. The topological polar surface area (TPSA) is 77.4 Å². The molecule has 0 aromatic rings. The molecule has 0 saturated carbocycles. The molecule has 1 aliphatic rings. The average molecular weight is 208 g/mol. The van der Waals surface area contributed by atoms with Gasteiger partial charge in [0, 0.05) is 21.3 Å². The molecule has 14 heavy (non-hydrogen) atoms. The normalized spacial score (nSPS) is 43.9. The van der Waals surface area contributed by atoms with Gasteiger partial charge in [-0.2, -0.15) is 0 Å². The SMILES string of the molecule is COC1[C@H](OC)C(O)OC(O)[C@@H]1OC. The molecule has 2 N–H and O–H groups in total. The molecule has 0 aromatic carbocycles. The lowest BCUT2D eigenvalue weighted by Crippen LogP contribution is -2.59. The van der Waals surface area contributed by atoms with Crippen molar-refractivity contribution < 1.29 is 29.2 Å². The maximum atomic E-state index is 9.41. The minimum absolute atomic E-state index is 0.566. The van der Waals surface area contributed by atoms with Crippen LogP contribution >= 0.6 is 0 Å². The summed E-state index contributed by atoms with van der Waals surface area (Å²) in [5.41, 5.74) is 0. The van der Waals surface area contributed by atoms with Crippen molar-refractivity contribution in [2.24, 2.45) is 0 Å². The molecule has 6 heteroatoms. The third kappa shape index (κ3) is 2.05. The molecule has 5 atom stereocenters. The molecule has 0 aliphatic carbocycles. The fraction of sp³-hybridized carbons (Fsp3) is 1.00. The fourth-order valence-corrected chi connectivity index (χ4v) is 1.58. The Labute approximate surface area is 82.3 Å². The van der Waals surface area contributed by atoms with E-state index in [-0.39, 0.29) is 0 Å². The molecule has 1 saturated heterocycles. The second kappa shape index (κ2) is 5.01. The van der Waals surface area contributed by atoms with Crippen molar-refractivity contribution in [3.63, 3.8) is 0 Å². The predicted molar refractivity (Wildman–Crippen MR) is 45.5 cm³/mol. The van der Waals surface area contributed by atoms with E-state index in [1.807, 2.05) is 0 Å². The van der Waals surface area contributed by atoms with E-state index in [0.29, 0.717) is 0 Å². The molecule has 0 aromatic heterocycles. The van der Waals surface area contributed by atoms with E-state index in [1.165, 1.54) is 21.3 Å². The Bertz CT molecular complexity index is 159. The molecule has 3 unspecified atom stereocenters. The van der Waals surface area contributed by atoms with Crippen LogP contribution in [0.5, 0.6) is 0 Å². The van der Waals surface area contributed by atoms with Crippen LogP contribution in [-0.2, 0) is 18.9 Å². The Morgan fingerprint density at radius 3 is 1.43 bits per heavy atom. The summed E-state index contributed by atoms with van der Waals surface area (Å²) in [5.74, 6) is 0. The molecule has 6 nitrogen and oxygen atoms in total. The third-order valence-corrected chi connectivity index (χ3v) is 2.31. The van der Waals surface area contributed by atoms with Gasteiger partial charge in [-0.1, -0.05) is 0 Å². The van der Waals surface area contributed by atoms with Crippen LogP contribution in [0, 0.1) is 0 Å². The Kier molecular flexibility index (Phi) is 4.24. The number of aliphatic hydroxyl groups excluding tert-OH is 2. The van der Waals surface area contributed by atoms with Gasteiger partial charge >= 0.3 is 0 Å². The molecule has 0 radical (unpaired) electrons. The highest BCUT2D eigenvalue weighted by Crippen LogP contribution is 2.24. The number of rotatable bonds is 3. The van der Waals surface area contributed by atoms with Crippen LogP contribution in [0.1, 0.15) is 0 Å². The Balaban J connectivity index is 2.76. The predicted octanol–water partition coefficient (Wildman–Crippen LogP) is -1.30. The molecule has 1 fully saturated rings. The number of hydrogen-bond acceptors (Lipinski definition) is 6. The van der Waals surface area contributed by atoms with Gasteiger partial charge in [0.05, 0.1) is 0 Å². The first kappa shape index (κ1) is 11.8. The molecule has 0 amide bonds. The Morgan fingerprint density at radius 2 is 1.14 bits per heavy atom. The van der Waals surface area contributed by atoms with Gasteiger partial charge in [-0.15, -0.1) is 0 Å². The van der Waals surface area contributed by atoms with Crippen LogP contribution in [0.25, 0.3) is 0 Å². The van der Waals surface area contributed by atoms with E-state index in [2.05, 4.69) is 0 Å². The maximum absolute atomic E-state index is 9.41. The first-order chi connectivity index (χ1) is 6.65. The van der Waals surface area contributed by atoms with E-state index in [9.17, 15) is 10.2 Å². The van der Waals surface area contributed by atoms with E-state index >= 15 is 0 Å². The van der Waals surface area contributed by atoms with Crippen molar-refractivity contribution in [3.05, 3.63) is 0 Å². The highest BCUT2D eigenvalue weighted by atomic mass is 16.7. The zero-order valence-electron chi connectivity index (χ0n) is 8.41. The van der Waals surface area contributed by atoms with Gasteiger partial charge in [0.2, 0.25) is 0 Å². The van der Waals surface area contributed by atoms with Crippen LogP contribution < -0.4 is 0 Å². The standard InChI is InChI=1S/C8H16O6/c1-11-4-5(12-2)7(9)14-8(10)6(4)13-3/h4-10H,1-3H3/t4?,5-,6+,7?,8?. The molecule has 0 bridgehead atoms. The summed E-state index contributed by atoms with van der Waals surface area (Å²) in [4.78, 5) is 0. The summed E-state index contributed by atoms with van der Waals surface area (Å²) in [5, 5.41) is 18.8. The summed E-state index contributed by atoms with van der Waals surface area (Å²) in [6.45, 7) is 0. The number of methoxy groups -OCH3 is 3. The number of aliphatic hydroxyl groups is 2. The van der Waals surface area contributed by atoms with Crippen LogP contribution in [-0.4, -0.2) is 62.4 Å². The molecule has 1 heterocycles. The molecule has 1 aliphatic heterocycles. The number of hydrogen-bond donors (Lipinski definition) is 2. The summed E-state index contributed by atoms with van der Waals surface area (Å²) >= 11 is 0. The average Bonchev–Trinajstić information content (AvgIpc) is 2.16. The van der Waals surface area contributed by atoms with E-state index < -0.39 is 30.9 Å². The van der Waals surface area contributed by atoms with E-state index in [4.69, 9.17) is 18.9 Å². The second-order valence-corrected chi connectivity index (χ2v) is 3.02. The van der Waals surface area contributed by atoms with Gasteiger partial charge in [-0.25, -0.2) is 0 Å². The van der Waals surface area contributed by atoms with Crippen LogP contribution in [0.3, 0.4) is 0 Å². The highest BCUT2D eigenvalue weighted by Gasteiger charge is 2.45. The minimum atomic E-state index is -1.22. The molecule has 84 valence electrons. The summed E-state index contributed by atoms with van der Waals surface area (Å²) in [6, 6.07) is 0. The second-order valence-electron chi connectivity index (χ2n) is 3.02. The van der Waals surface area contributed by atoms with Crippen molar-refractivity contribution in [2.75, 3.05) is 21.3 Å². The van der Waals surface area contributed by atoms with Crippen molar-refractivity contribution in [3.8, 4) is 0 Å². The van der Waals surface area contributed by atoms with Gasteiger partial charge in [0.25, 0.3) is 0 Å². The first-order valence-corrected chi connectivity index (χ1v) is 4.25. The van der Waals surface area contributed by atoms with Gasteiger partial charge < -0.3 is 29.2 Å². The van der Waals surface area contributed by atoms with Crippen molar-refractivity contribution >= 4 is 0 Å². The summed E-state index contributed by atoms with van der Waals surface area (Å²) in [6.07, 6.45) is -4.34. The minimum Gasteiger partial charge on any atom is -0.376 e. The van der Waals surface area contributed by atoms with Gasteiger partial charge in [0.1, 0.15) is 18.3 Å². The van der Waals surface area contributed by atoms with E-state index in [1.54, 1.807) is 0 Å². The number of ether oxygens (including phenoxy) is 4. The Hall–Kier alpha value is -0.240. The monoisotopic (exact) mass is 208 g/mol.